The summed E-state index contributed by atoms with van der Waals surface area (Å²) in [6.45, 7) is 7.13. The van der Waals surface area contributed by atoms with Gasteiger partial charge in [-0.2, -0.15) is 0 Å². The largest absolute Gasteiger partial charge is 0.492 e. The third-order valence-electron chi connectivity index (χ3n) is 3.38. The maximum absolute atomic E-state index is 6.07. The van der Waals surface area contributed by atoms with Crippen molar-refractivity contribution < 1.29 is 4.74 Å². The summed E-state index contributed by atoms with van der Waals surface area (Å²) in [5, 5.41) is 4.26. The molecule has 2 nitrogen and oxygen atoms in total. The number of halogens is 1. The summed E-state index contributed by atoms with van der Waals surface area (Å²) in [7, 11) is 0. The molecule has 0 fully saturated rings. The van der Waals surface area contributed by atoms with Gasteiger partial charge in [-0.05, 0) is 38.5 Å². The van der Waals surface area contributed by atoms with Crippen LogP contribution in [0.15, 0.2) is 18.2 Å². The molecule has 0 heterocycles. The van der Waals surface area contributed by atoms with Gasteiger partial charge in [-0.15, -0.1) is 0 Å². The van der Waals surface area contributed by atoms with Gasteiger partial charge in [0.1, 0.15) is 5.75 Å². The Kier molecular flexibility index (Phi) is 8.52. The van der Waals surface area contributed by atoms with Crippen LogP contribution in [0, 0.1) is 0 Å². The molecule has 1 aromatic rings. The van der Waals surface area contributed by atoms with Crippen LogP contribution in [0.2, 0.25) is 5.02 Å². The maximum atomic E-state index is 6.07. The molecule has 0 aliphatic heterocycles. The number of nitrogens with one attached hydrogen (secondary N) is 1. The predicted molar refractivity (Wildman–Crippen MR) is 89.1 cm³/mol. The van der Waals surface area contributed by atoms with E-state index in [1.54, 1.807) is 0 Å². The first kappa shape index (κ1) is 17.2. The minimum atomic E-state index is 0.439. The Morgan fingerprint density at radius 1 is 1.15 bits per heavy atom. The smallest absolute Gasteiger partial charge is 0.142 e. The molecule has 1 N–H and O–H groups in total. The monoisotopic (exact) mass is 297 g/mol. The number of anilines is 1. The lowest BCUT2D eigenvalue weighted by molar-refractivity contribution is 0.341. The van der Waals surface area contributed by atoms with Gasteiger partial charge < -0.3 is 10.1 Å². The summed E-state index contributed by atoms with van der Waals surface area (Å²) in [5.41, 5.74) is 1.00. The van der Waals surface area contributed by atoms with Gasteiger partial charge in [0.15, 0.2) is 0 Å². The van der Waals surface area contributed by atoms with E-state index in [0.717, 1.165) is 16.5 Å². The minimum Gasteiger partial charge on any atom is -0.492 e. The molecule has 0 aliphatic rings. The number of unbranched alkanes of at least 4 members (excludes halogenated alkanes) is 4. The Labute approximate surface area is 128 Å². The zero-order valence-electron chi connectivity index (χ0n) is 13.0. The Bertz CT molecular complexity index is 381. The molecule has 1 atom stereocenters. The summed E-state index contributed by atoms with van der Waals surface area (Å²) >= 11 is 6.07. The fourth-order valence-corrected chi connectivity index (χ4v) is 2.46. The van der Waals surface area contributed by atoms with E-state index < -0.39 is 0 Å². The van der Waals surface area contributed by atoms with Gasteiger partial charge in [0.25, 0.3) is 0 Å². The zero-order chi connectivity index (χ0) is 14.8. The molecule has 0 amide bonds. The second-order valence-corrected chi connectivity index (χ2v) is 5.76. The molecule has 0 bridgehead atoms. The van der Waals surface area contributed by atoms with Gasteiger partial charge >= 0.3 is 0 Å². The third kappa shape index (κ3) is 6.51. The van der Waals surface area contributed by atoms with E-state index in [1.165, 1.54) is 38.5 Å². The maximum Gasteiger partial charge on any atom is 0.142 e. The average Bonchev–Trinajstić information content (AvgIpc) is 2.42. The van der Waals surface area contributed by atoms with E-state index in [0.29, 0.717) is 12.6 Å². The second kappa shape index (κ2) is 9.93. The van der Waals surface area contributed by atoms with Crippen molar-refractivity contribution >= 4 is 17.3 Å². The van der Waals surface area contributed by atoms with Crippen molar-refractivity contribution in [2.24, 2.45) is 0 Å². The van der Waals surface area contributed by atoms with Gasteiger partial charge in [-0.25, -0.2) is 0 Å². The Morgan fingerprint density at radius 2 is 1.90 bits per heavy atom. The summed E-state index contributed by atoms with van der Waals surface area (Å²) in [6.07, 6.45) is 7.79. The van der Waals surface area contributed by atoms with Gasteiger partial charge in [0.05, 0.1) is 12.3 Å². The van der Waals surface area contributed by atoms with E-state index in [9.17, 15) is 0 Å². The SMILES string of the molecule is CCCCCCCC(C)Nc1cc(Cl)ccc1OCC. The molecule has 0 saturated carbocycles. The lowest BCUT2D eigenvalue weighted by Crippen LogP contribution is -2.15. The van der Waals surface area contributed by atoms with Crippen molar-refractivity contribution in [3.63, 3.8) is 0 Å². The van der Waals surface area contributed by atoms with Crippen molar-refractivity contribution in [1.29, 1.82) is 0 Å². The molecular weight excluding hydrogens is 270 g/mol. The highest BCUT2D eigenvalue weighted by Crippen LogP contribution is 2.29. The quantitative estimate of drug-likeness (QED) is 0.543. The lowest BCUT2D eigenvalue weighted by atomic mass is 10.1. The summed E-state index contributed by atoms with van der Waals surface area (Å²) in [5.74, 6) is 0.884. The van der Waals surface area contributed by atoms with Crippen molar-refractivity contribution in [1.82, 2.24) is 0 Å². The topological polar surface area (TPSA) is 21.3 Å². The van der Waals surface area contributed by atoms with Crippen LogP contribution in [-0.2, 0) is 0 Å². The van der Waals surface area contributed by atoms with E-state index in [2.05, 4.69) is 19.2 Å². The molecule has 0 radical (unpaired) electrons. The number of hydrogen-bond acceptors (Lipinski definition) is 2. The molecule has 3 heteroatoms. The van der Waals surface area contributed by atoms with Crippen LogP contribution in [0.1, 0.15) is 59.3 Å². The number of ether oxygens (including phenoxy) is 1. The van der Waals surface area contributed by atoms with Gasteiger partial charge in [-0.1, -0.05) is 50.6 Å². The highest BCUT2D eigenvalue weighted by Gasteiger charge is 2.08. The minimum absolute atomic E-state index is 0.439. The van der Waals surface area contributed by atoms with Crippen molar-refractivity contribution in [2.75, 3.05) is 11.9 Å². The molecule has 0 saturated heterocycles. The lowest BCUT2D eigenvalue weighted by Gasteiger charge is -2.18. The van der Waals surface area contributed by atoms with Crippen LogP contribution in [0.25, 0.3) is 0 Å². The Morgan fingerprint density at radius 3 is 2.60 bits per heavy atom. The fraction of sp³-hybridized carbons (Fsp3) is 0.647. The van der Waals surface area contributed by atoms with Gasteiger partial charge in [0, 0.05) is 11.1 Å². The van der Waals surface area contributed by atoms with Crippen molar-refractivity contribution in [3.05, 3.63) is 23.2 Å². The van der Waals surface area contributed by atoms with Crippen LogP contribution in [0.4, 0.5) is 5.69 Å². The normalized spacial score (nSPS) is 12.2. The highest BCUT2D eigenvalue weighted by atomic mass is 35.5. The van der Waals surface area contributed by atoms with Crippen LogP contribution >= 0.6 is 11.6 Å². The van der Waals surface area contributed by atoms with Crippen LogP contribution in [0.5, 0.6) is 5.75 Å². The highest BCUT2D eigenvalue weighted by molar-refractivity contribution is 6.30. The van der Waals surface area contributed by atoms with E-state index in [4.69, 9.17) is 16.3 Å². The molecule has 0 spiro atoms. The molecule has 20 heavy (non-hydrogen) atoms. The molecular formula is C17H28ClNO. The van der Waals surface area contributed by atoms with E-state index in [1.807, 2.05) is 25.1 Å². The molecule has 0 aliphatic carbocycles. The third-order valence-corrected chi connectivity index (χ3v) is 3.62. The standard InChI is InChI=1S/C17H28ClNO/c1-4-6-7-8-9-10-14(3)19-16-13-15(18)11-12-17(16)20-5-2/h11-14,19H,4-10H2,1-3H3. The summed E-state index contributed by atoms with van der Waals surface area (Å²) in [6, 6.07) is 6.18. The van der Waals surface area contributed by atoms with Crippen molar-refractivity contribution in [3.8, 4) is 5.75 Å². The van der Waals surface area contributed by atoms with E-state index in [-0.39, 0.29) is 0 Å². The van der Waals surface area contributed by atoms with Crippen molar-refractivity contribution in [2.45, 2.75) is 65.3 Å². The van der Waals surface area contributed by atoms with Crippen LogP contribution in [-0.4, -0.2) is 12.6 Å². The number of hydrogen-bond donors (Lipinski definition) is 1. The van der Waals surface area contributed by atoms with E-state index >= 15 is 0 Å². The molecule has 1 unspecified atom stereocenters. The fourth-order valence-electron chi connectivity index (χ4n) is 2.29. The number of benzene rings is 1. The molecule has 114 valence electrons. The number of rotatable bonds is 10. The summed E-state index contributed by atoms with van der Waals surface area (Å²) < 4.78 is 5.63. The predicted octanol–water partition coefficient (Wildman–Crippen LogP) is 5.90. The van der Waals surface area contributed by atoms with Gasteiger partial charge in [0.2, 0.25) is 0 Å². The average molecular weight is 298 g/mol. The zero-order valence-corrected chi connectivity index (χ0v) is 13.8. The Balaban J connectivity index is 2.43. The van der Waals surface area contributed by atoms with Crippen LogP contribution in [0.3, 0.4) is 0 Å². The second-order valence-electron chi connectivity index (χ2n) is 5.32. The Hall–Kier alpha value is -0.890. The molecule has 0 aromatic heterocycles. The first-order chi connectivity index (χ1) is 9.67. The first-order valence-electron chi connectivity index (χ1n) is 7.86. The molecule has 1 rings (SSSR count). The molecule has 1 aromatic carbocycles. The summed E-state index contributed by atoms with van der Waals surface area (Å²) in [4.78, 5) is 0. The van der Waals surface area contributed by atoms with Crippen LogP contribution < -0.4 is 10.1 Å². The first-order valence-corrected chi connectivity index (χ1v) is 8.24. The van der Waals surface area contributed by atoms with Gasteiger partial charge in [-0.3, -0.25) is 0 Å².